The van der Waals surface area contributed by atoms with Gasteiger partial charge < -0.3 is 10.7 Å². The summed E-state index contributed by atoms with van der Waals surface area (Å²) >= 11 is 0. The first-order valence-corrected chi connectivity index (χ1v) is 4.21. The largest absolute Gasteiger partial charge is 0.366 e. The lowest BCUT2D eigenvalue weighted by Gasteiger charge is -2.02. The minimum atomic E-state index is -0.753. The molecule has 0 aliphatic carbocycles. The lowest BCUT2D eigenvalue weighted by Crippen LogP contribution is -2.17. The second-order valence-corrected chi connectivity index (χ2v) is 3.07. The fourth-order valence-corrected chi connectivity index (χ4v) is 1.45. The summed E-state index contributed by atoms with van der Waals surface area (Å²) in [4.78, 5) is 24.5. The predicted molar refractivity (Wildman–Crippen MR) is 53.0 cm³/mol. The van der Waals surface area contributed by atoms with Crippen LogP contribution in [0.3, 0.4) is 0 Å². The highest BCUT2D eigenvalue weighted by Crippen LogP contribution is 2.17. The zero-order valence-corrected chi connectivity index (χ0v) is 7.58. The van der Waals surface area contributed by atoms with Crippen molar-refractivity contribution in [3.8, 4) is 0 Å². The Hall–Kier alpha value is -2.17. The molecule has 0 radical (unpaired) electrons. The van der Waals surface area contributed by atoms with Crippen LogP contribution in [0.15, 0.2) is 29.1 Å². The van der Waals surface area contributed by atoms with Crippen LogP contribution in [0.4, 0.5) is 4.39 Å². The Morgan fingerprint density at radius 3 is 2.80 bits per heavy atom. The number of rotatable bonds is 1. The standard InChI is InChI=1S/C10H7FN2O2/c11-7-3-1-2-5-6(10(12)15)4-8(14)13-9(5)7/h1-4H,(H2,12,15)(H,13,14). The number of H-pyrrole nitrogens is 1. The van der Waals surface area contributed by atoms with E-state index in [1.807, 2.05) is 0 Å². The molecule has 2 aromatic rings. The zero-order valence-electron chi connectivity index (χ0n) is 7.58. The van der Waals surface area contributed by atoms with Gasteiger partial charge in [0, 0.05) is 11.5 Å². The van der Waals surface area contributed by atoms with E-state index in [9.17, 15) is 14.0 Å². The third kappa shape index (κ3) is 1.48. The summed E-state index contributed by atoms with van der Waals surface area (Å²) in [6.07, 6.45) is 0. The van der Waals surface area contributed by atoms with Crippen LogP contribution in [0.2, 0.25) is 0 Å². The molecule has 0 fully saturated rings. The number of hydrogen-bond acceptors (Lipinski definition) is 2. The SMILES string of the molecule is NC(=O)c1cc(=O)[nH]c2c(F)cccc12. The molecule has 0 saturated heterocycles. The number of carbonyl (C=O) groups excluding carboxylic acids is 1. The summed E-state index contributed by atoms with van der Waals surface area (Å²) in [6, 6.07) is 5.23. The summed E-state index contributed by atoms with van der Waals surface area (Å²) in [5.74, 6) is -1.34. The van der Waals surface area contributed by atoms with Crippen molar-refractivity contribution in [2.45, 2.75) is 0 Å². The number of hydrogen-bond donors (Lipinski definition) is 2. The van der Waals surface area contributed by atoms with Crippen molar-refractivity contribution >= 4 is 16.8 Å². The van der Waals surface area contributed by atoms with Gasteiger partial charge in [-0.05, 0) is 6.07 Å². The van der Waals surface area contributed by atoms with Gasteiger partial charge in [-0.25, -0.2) is 4.39 Å². The number of primary amides is 1. The van der Waals surface area contributed by atoms with E-state index < -0.39 is 17.3 Å². The van der Waals surface area contributed by atoms with E-state index >= 15 is 0 Å². The van der Waals surface area contributed by atoms with Crippen molar-refractivity contribution in [2.24, 2.45) is 5.73 Å². The molecule has 0 unspecified atom stereocenters. The van der Waals surface area contributed by atoms with Gasteiger partial charge in [-0.15, -0.1) is 0 Å². The molecule has 4 nitrogen and oxygen atoms in total. The number of aromatic amines is 1. The number of halogens is 1. The van der Waals surface area contributed by atoms with Crippen LogP contribution in [-0.4, -0.2) is 10.9 Å². The zero-order chi connectivity index (χ0) is 11.0. The summed E-state index contributed by atoms with van der Waals surface area (Å²) in [7, 11) is 0. The highest BCUT2D eigenvalue weighted by Gasteiger charge is 2.10. The van der Waals surface area contributed by atoms with Crippen LogP contribution >= 0.6 is 0 Å². The normalized spacial score (nSPS) is 10.5. The Morgan fingerprint density at radius 1 is 1.40 bits per heavy atom. The average Bonchev–Trinajstić information content (AvgIpc) is 2.18. The van der Waals surface area contributed by atoms with Crippen molar-refractivity contribution in [1.82, 2.24) is 4.98 Å². The van der Waals surface area contributed by atoms with E-state index in [-0.39, 0.29) is 11.1 Å². The molecule has 15 heavy (non-hydrogen) atoms. The number of pyridine rings is 1. The molecule has 2 rings (SSSR count). The fraction of sp³-hybridized carbons (Fsp3) is 0. The molecule has 1 aromatic carbocycles. The van der Waals surface area contributed by atoms with Crippen LogP contribution in [0, 0.1) is 5.82 Å². The number of nitrogens with one attached hydrogen (secondary N) is 1. The number of aromatic nitrogens is 1. The van der Waals surface area contributed by atoms with Crippen LogP contribution < -0.4 is 11.3 Å². The minimum Gasteiger partial charge on any atom is -0.366 e. The van der Waals surface area contributed by atoms with E-state index in [0.29, 0.717) is 5.39 Å². The molecule has 0 aliphatic heterocycles. The second-order valence-electron chi connectivity index (χ2n) is 3.07. The fourth-order valence-electron chi connectivity index (χ4n) is 1.45. The summed E-state index contributed by atoms with van der Waals surface area (Å²) < 4.78 is 13.3. The lowest BCUT2D eigenvalue weighted by molar-refractivity contribution is 0.100. The maximum Gasteiger partial charge on any atom is 0.249 e. The quantitative estimate of drug-likeness (QED) is 0.722. The van der Waals surface area contributed by atoms with E-state index in [2.05, 4.69) is 4.98 Å². The van der Waals surface area contributed by atoms with E-state index in [4.69, 9.17) is 5.73 Å². The number of carbonyl (C=O) groups is 1. The predicted octanol–water partition coefficient (Wildman–Crippen LogP) is 0.766. The highest BCUT2D eigenvalue weighted by atomic mass is 19.1. The van der Waals surface area contributed by atoms with Crippen LogP contribution in [0.25, 0.3) is 10.9 Å². The number of para-hydroxylation sites is 1. The number of benzene rings is 1. The molecular weight excluding hydrogens is 199 g/mol. The van der Waals surface area contributed by atoms with Gasteiger partial charge in [-0.2, -0.15) is 0 Å². The minimum absolute atomic E-state index is 0.00111. The Kier molecular flexibility index (Phi) is 2.00. The third-order valence-corrected chi connectivity index (χ3v) is 2.09. The van der Waals surface area contributed by atoms with Gasteiger partial charge in [0.25, 0.3) is 0 Å². The molecule has 1 heterocycles. The monoisotopic (exact) mass is 206 g/mol. The molecule has 0 spiro atoms. The first-order chi connectivity index (χ1) is 7.09. The molecule has 0 atom stereocenters. The summed E-state index contributed by atoms with van der Waals surface area (Å²) in [6.45, 7) is 0. The van der Waals surface area contributed by atoms with Gasteiger partial charge >= 0.3 is 0 Å². The average molecular weight is 206 g/mol. The maximum absolute atomic E-state index is 13.3. The number of fused-ring (bicyclic) bond motifs is 1. The van der Waals surface area contributed by atoms with Crippen molar-refractivity contribution in [1.29, 1.82) is 0 Å². The van der Waals surface area contributed by atoms with Crippen LogP contribution in [-0.2, 0) is 0 Å². The summed E-state index contributed by atoms with van der Waals surface area (Å²) in [5.41, 5.74) is 4.55. The Bertz CT molecular complexity index is 604. The number of nitrogens with two attached hydrogens (primary N) is 1. The molecule has 76 valence electrons. The molecule has 0 bridgehead atoms. The van der Waals surface area contributed by atoms with Gasteiger partial charge in [0.15, 0.2) is 0 Å². The Labute approximate surface area is 83.5 Å². The van der Waals surface area contributed by atoms with Crippen LogP contribution in [0.1, 0.15) is 10.4 Å². The number of amides is 1. The second kappa shape index (κ2) is 3.20. The van der Waals surface area contributed by atoms with Crippen molar-refractivity contribution < 1.29 is 9.18 Å². The van der Waals surface area contributed by atoms with Gasteiger partial charge in [0.2, 0.25) is 11.5 Å². The van der Waals surface area contributed by atoms with Crippen molar-refractivity contribution in [2.75, 3.05) is 0 Å². The van der Waals surface area contributed by atoms with Crippen molar-refractivity contribution in [3.05, 3.63) is 46.0 Å². The van der Waals surface area contributed by atoms with Crippen molar-refractivity contribution in [3.63, 3.8) is 0 Å². The van der Waals surface area contributed by atoms with Gasteiger partial charge in [0.05, 0.1) is 11.1 Å². The maximum atomic E-state index is 13.3. The molecule has 5 heteroatoms. The van der Waals surface area contributed by atoms with Crippen LogP contribution in [0.5, 0.6) is 0 Å². The Morgan fingerprint density at radius 2 is 2.13 bits per heavy atom. The molecule has 0 aliphatic rings. The highest BCUT2D eigenvalue weighted by molar-refractivity contribution is 6.05. The molecular formula is C10H7FN2O2. The topological polar surface area (TPSA) is 76.0 Å². The van der Waals surface area contributed by atoms with E-state index in [0.717, 1.165) is 6.07 Å². The lowest BCUT2D eigenvalue weighted by atomic mass is 10.1. The van der Waals surface area contributed by atoms with E-state index in [1.54, 1.807) is 0 Å². The smallest absolute Gasteiger partial charge is 0.249 e. The van der Waals surface area contributed by atoms with Gasteiger partial charge in [-0.1, -0.05) is 12.1 Å². The first kappa shape index (κ1) is 9.39. The molecule has 0 saturated carbocycles. The molecule has 3 N–H and O–H groups in total. The van der Waals surface area contributed by atoms with Gasteiger partial charge in [0.1, 0.15) is 5.82 Å². The van der Waals surface area contributed by atoms with E-state index in [1.165, 1.54) is 18.2 Å². The van der Waals surface area contributed by atoms with Gasteiger partial charge in [-0.3, -0.25) is 9.59 Å². The first-order valence-electron chi connectivity index (χ1n) is 4.21. The molecule has 1 aromatic heterocycles. The summed E-state index contributed by atoms with van der Waals surface area (Å²) in [5, 5.41) is 0.308. The Balaban J connectivity index is 2.99. The molecule has 1 amide bonds. The third-order valence-electron chi connectivity index (χ3n) is 2.09.